The van der Waals surface area contributed by atoms with E-state index >= 15 is 0 Å². The SMILES string of the molecule is O=C(Cl)OC(CC1CC2CC1C1C3CCC(C3)C21)(C(F)(F)F)C(F)(F)F. The second kappa shape index (κ2) is 5.67. The second-order valence-electron chi connectivity index (χ2n) is 8.51. The van der Waals surface area contributed by atoms with Crippen LogP contribution in [0.1, 0.15) is 38.5 Å². The Balaban J connectivity index is 1.62. The average molecular weight is 405 g/mol. The molecule has 7 atom stereocenters. The molecule has 2 nitrogen and oxygen atoms in total. The molecule has 4 bridgehead atoms. The van der Waals surface area contributed by atoms with Crippen LogP contribution < -0.4 is 0 Å². The van der Waals surface area contributed by atoms with Crippen molar-refractivity contribution in [2.75, 3.05) is 0 Å². The highest BCUT2D eigenvalue weighted by atomic mass is 35.5. The second-order valence-corrected chi connectivity index (χ2v) is 8.82. The lowest BCUT2D eigenvalue weighted by Crippen LogP contribution is -2.60. The van der Waals surface area contributed by atoms with Gasteiger partial charge >= 0.3 is 23.4 Å². The van der Waals surface area contributed by atoms with Crippen LogP contribution in [0, 0.1) is 41.4 Å². The Kier molecular flexibility index (Phi) is 4.08. The van der Waals surface area contributed by atoms with Crippen LogP contribution in [-0.2, 0) is 4.74 Å². The summed E-state index contributed by atoms with van der Waals surface area (Å²) in [7, 11) is 0. The van der Waals surface area contributed by atoms with E-state index in [1.807, 2.05) is 0 Å². The van der Waals surface area contributed by atoms with Crippen LogP contribution in [-0.4, -0.2) is 23.4 Å². The van der Waals surface area contributed by atoms with Crippen LogP contribution in [0.5, 0.6) is 0 Å². The molecule has 148 valence electrons. The molecule has 0 radical (unpaired) electrons. The van der Waals surface area contributed by atoms with Gasteiger partial charge in [0.15, 0.2) is 0 Å². The van der Waals surface area contributed by atoms with Crippen molar-refractivity contribution >= 4 is 17.0 Å². The summed E-state index contributed by atoms with van der Waals surface area (Å²) in [6.07, 6.45) is -8.54. The van der Waals surface area contributed by atoms with Crippen LogP contribution in [0.3, 0.4) is 0 Å². The first-order valence-electron chi connectivity index (χ1n) is 8.96. The largest absolute Gasteiger partial charge is 0.437 e. The number of carbonyl (C=O) groups is 1. The van der Waals surface area contributed by atoms with E-state index in [0.29, 0.717) is 30.6 Å². The molecule has 4 fully saturated rings. The summed E-state index contributed by atoms with van der Waals surface area (Å²) >= 11 is 4.82. The van der Waals surface area contributed by atoms with Crippen molar-refractivity contribution < 1.29 is 35.9 Å². The van der Waals surface area contributed by atoms with Gasteiger partial charge in [0.1, 0.15) is 0 Å². The van der Waals surface area contributed by atoms with Gasteiger partial charge in [-0.2, -0.15) is 26.3 Å². The zero-order valence-electron chi connectivity index (χ0n) is 13.7. The Morgan fingerprint density at radius 3 is 2.00 bits per heavy atom. The van der Waals surface area contributed by atoms with Gasteiger partial charge in [0.05, 0.1) is 0 Å². The summed E-state index contributed by atoms with van der Waals surface area (Å²) < 4.78 is 84.7. The molecule has 0 aliphatic heterocycles. The third kappa shape index (κ3) is 2.49. The Morgan fingerprint density at radius 1 is 0.885 bits per heavy atom. The Hall–Kier alpha value is -0.660. The smallest absolute Gasteiger partial charge is 0.427 e. The molecule has 7 unspecified atom stereocenters. The average Bonchev–Trinajstić information content (AvgIpc) is 3.22. The fraction of sp³-hybridized carbons (Fsp3) is 0.941. The van der Waals surface area contributed by atoms with Gasteiger partial charge in [0, 0.05) is 18.0 Å². The number of hydrogen-bond donors (Lipinski definition) is 0. The lowest BCUT2D eigenvalue weighted by atomic mass is 9.65. The van der Waals surface area contributed by atoms with Crippen molar-refractivity contribution in [3.8, 4) is 0 Å². The van der Waals surface area contributed by atoms with Gasteiger partial charge in [-0.05, 0) is 73.5 Å². The summed E-state index contributed by atoms with van der Waals surface area (Å²) in [5.74, 6) is 1.05. The van der Waals surface area contributed by atoms with Gasteiger partial charge in [-0.3, -0.25) is 0 Å². The number of fused-ring (bicyclic) bond motifs is 9. The van der Waals surface area contributed by atoms with Crippen LogP contribution in [0.4, 0.5) is 31.1 Å². The predicted molar refractivity (Wildman–Crippen MR) is 79.3 cm³/mol. The molecule has 0 N–H and O–H groups in total. The third-order valence-corrected chi connectivity index (χ3v) is 7.67. The molecule has 4 aliphatic carbocycles. The molecular formula is C17H19ClF6O2. The Bertz CT molecular complexity index is 589. The van der Waals surface area contributed by atoms with E-state index in [-0.39, 0.29) is 17.8 Å². The van der Waals surface area contributed by atoms with Crippen molar-refractivity contribution in [3.05, 3.63) is 0 Å². The number of alkyl halides is 6. The number of ether oxygens (including phenoxy) is 1. The summed E-state index contributed by atoms with van der Waals surface area (Å²) in [6, 6.07) is 0. The normalized spacial score (nSPS) is 41.6. The fourth-order valence-corrected chi connectivity index (χ4v) is 7.12. The van der Waals surface area contributed by atoms with Crippen LogP contribution in [0.15, 0.2) is 0 Å². The summed E-state index contributed by atoms with van der Waals surface area (Å²) in [5.41, 5.74) is -6.61. The van der Waals surface area contributed by atoms with Crippen molar-refractivity contribution in [1.29, 1.82) is 0 Å². The maximum atomic E-state index is 13.5. The van der Waals surface area contributed by atoms with E-state index in [2.05, 4.69) is 4.74 Å². The van der Waals surface area contributed by atoms with Crippen molar-refractivity contribution in [3.63, 3.8) is 0 Å². The zero-order valence-corrected chi connectivity index (χ0v) is 14.5. The minimum Gasteiger partial charge on any atom is -0.427 e. The molecular weight excluding hydrogens is 386 g/mol. The zero-order chi connectivity index (χ0) is 19.1. The monoisotopic (exact) mass is 404 g/mol. The van der Waals surface area contributed by atoms with Gasteiger partial charge in [0.2, 0.25) is 0 Å². The van der Waals surface area contributed by atoms with Crippen molar-refractivity contribution in [2.24, 2.45) is 41.4 Å². The van der Waals surface area contributed by atoms with Gasteiger partial charge < -0.3 is 4.74 Å². The Labute approximate surface area is 151 Å². The van der Waals surface area contributed by atoms with E-state index in [0.717, 1.165) is 19.3 Å². The molecule has 4 saturated carbocycles. The lowest BCUT2D eigenvalue weighted by Gasteiger charge is -2.43. The fourth-order valence-electron chi connectivity index (χ4n) is 6.99. The van der Waals surface area contributed by atoms with E-state index in [4.69, 9.17) is 11.6 Å². The number of halogens is 7. The molecule has 0 heterocycles. The summed E-state index contributed by atoms with van der Waals surface area (Å²) in [6.45, 7) is 0. The lowest BCUT2D eigenvalue weighted by molar-refractivity contribution is -0.369. The molecule has 0 saturated heterocycles. The van der Waals surface area contributed by atoms with Gasteiger partial charge in [0.25, 0.3) is 0 Å². The highest BCUT2D eigenvalue weighted by molar-refractivity contribution is 6.61. The minimum absolute atomic E-state index is 0.140. The van der Waals surface area contributed by atoms with Crippen LogP contribution in [0.2, 0.25) is 0 Å². The van der Waals surface area contributed by atoms with Crippen molar-refractivity contribution in [1.82, 2.24) is 0 Å². The molecule has 9 heteroatoms. The standard InChI is InChI=1S/C17H19ClF6O2/c18-14(25)26-15(16(19,20)21,17(22,23)24)6-10-4-9-5-11(10)13-8-2-1-7(3-8)12(9)13/h7-13H,1-6H2. The third-order valence-electron chi connectivity index (χ3n) is 7.59. The molecule has 0 spiro atoms. The highest BCUT2D eigenvalue weighted by Crippen LogP contribution is 2.70. The number of hydrogen-bond acceptors (Lipinski definition) is 2. The molecule has 0 amide bonds. The maximum Gasteiger partial charge on any atom is 0.437 e. The van der Waals surface area contributed by atoms with Crippen LogP contribution in [0.25, 0.3) is 0 Å². The van der Waals surface area contributed by atoms with Gasteiger partial charge in [-0.15, -0.1) is 0 Å². The molecule has 0 aromatic heterocycles. The van der Waals surface area contributed by atoms with E-state index < -0.39 is 35.7 Å². The van der Waals surface area contributed by atoms with Gasteiger partial charge in [-0.1, -0.05) is 0 Å². The van der Waals surface area contributed by atoms with E-state index in [9.17, 15) is 31.1 Å². The first kappa shape index (κ1) is 18.7. The number of rotatable bonds is 3. The molecule has 26 heavy (non-hydrogen) atoms. The Morgan fingerprint density at radius 2 is 1.46 bits per heavy atom. The highest BCUT2D eigenvalue weighted by Gasteiger charge is 2.76. The van der Waals surface area contributed by atoms with E-state index in [1.54, 1.807) is 0 Å². The maximum absolute atomic E-state index is 13.5. The van der Waals surface area contributed by atoms with Gasteiger partial charge in [-0.25, -0.2) is 4.79 Å². The van der Waals surface area contributed by atoms with E-state index in [1.165, 1.54) is 0 Å². The molecule has 0 aromatic carbocycles. The predicted octanol–water partition coefficient (Wildman–Crippen LogP) is 5.93. The summed E-state index contributed by atoms with van der Waals surface area (Å²) in [5, 5.41) is 0. The molecule has 4 rings (SSSR count). The first-order chi connectivity index (χ1) is 11.9. The van der Waals surface area contributed by atoms with Crippen molar-refractivity contribution in [2.45, 2.75) is 56.5 Å². The summed E-state index contributed by atoms with van der Waals surface area (Å²) in [4.78, 5) is 10.9. The molecule has 0 aromatic rings. The number of carbonyl (C=O) groups excluding carboxylic acids is 1. The quantitative estimate of drug-likeness (QED) is 0.331. The first-order valence-corrected chi connectivity index (χ1v) is 9.34. The van der Waals surface area contributed by atoms with Crippen LogP contribution >= 0.6 is 11.6 Å². The molecule has 4 aliphatic rings. The topological polar surface area (TPSA) is 26.3 Å². The minimum atomic E-state index is -5.77.